The molecule has 0 unspecified atom stereocenters. The van der Waals surface area contributed by atoms with Gasteiger partial charge in [0.25, 0.3) is 0 Å². The van der Waals surface area contributed by atoms with Gasteiger partial charge < -0.3 is 0 Å². The summed E-state index contributed by atoms with van der Waals surface area (Å²) in [5, 5.41) is 0. The Hall–Kier alpha value is -1.63. The summed E-state index contributed by atoms with van der Waals surface area (Å²) in [7, 11) is 0. The van der Waals surface area contributed by atoms with Gasteiger partial charge in [0.15, 0.2) is 11.7 Å². The smallest absolute Gasteiger partial charge is 0.193 e. The predicted molar refractivity (Wildman–Crippen MR) is 102 cm³/mol. The summed E-state index contributed by atoms with van der Waals surface area (Å²) in [6.07, 6.45) is 10.9. The van der Waals surface area contributed by atoms with Crippen molar-refractivity contribution in [3.8, 4) is 11.3 Å². The predicted octanol–water partition coefficient (Wildman–Crippen LogP) is 5.75. The van der Waals surface area contributed by atoms with E-state index in [1.54, 1.807) is 0 Å². The second kappa shape index (κ2) is 7.09. The van der Waals surface area contributed by atoms with Crippen molar-refractivity contribution in [2.45, 2.75) is 78.2 Å². The molecule has 0 bridgehead atoms. The van der Waals surface area contributed by atoms with Crippen LogP contribution in [0.2, 0.25) is 0 Å². The van der Waals surface area contributed by atoms with Crippen LogP contribution in [0.4, 0.5) is 0 Å². The molecule has 0 atom stereocenters. The van der Waals surface area contributed by atoms with E-state index >= 15 is 0 Å². The Morgan fingerprint density at radius 3 is 2.50 bits per heavy atom. The minimum atomic E-state index is 0.252. The van der Waals surface area contributed by atoms with Gasteiger partial charge in [0.05, 0.1) is 0 Å². The Morgan fingerprint density at radius 1 is 1.04 bits per heavy atom. The topological polar surface area (TPSA) is 3.88 Å². The molecule has 2 heterocycles. The summed E-state index contributed by atoms with van der Waals surface area (Å²) in [5.41, 5.74) is 7.72. The lowest BCUT2D eigenvalue weighted by Crippen LogP contribution is -2.56. The third-order valence-corrected chi connectivity index (χ3v) is 6.26. The summed E-state index contributed by atoms with van der Waals surface area (Å²) < 4.78 is 2.63. The molecule has 3 rings (SSSR count). The zero-order chi connectivity index (χ0) is 17.2. The molecule has 24 heavy (non-hydrogen) atoms. The molecule has 0 N–H and O–H groups in total. The highest BCUT2D eigenvalue weighted by atomic mass is 15.1. The number of fused-ring (bicyclic) bond motifs is 3. The van der Waals surface area contributed by atoms with Gasteiger partial charge in [-0.2, -0.15) is 4.57 Å². The third kappa shape index (κ3) is 2.79. The Balaban J connectivity index is 2.26. The van der Waals surface area contributed by atoms with E-state index in [1.807, 2.05) is 0 Å². The zero-order valence-corrected chi connectivity index (χ0v) is 15.9. The van der Waals surface area contributed by atoms with E-state index < -0.39 is 0 Å². The standard InChI is InChI=1S/C23H32N/c1-5-8-11-19-15-17-24-22(18(19)4)21-13-10-9-12-20(21)14-16-23(24,6-2)7-3/h9-10,12-13,15,17H,5-8,11,14,16H2,1-4H3/q+1. The lowest BCUT2D eigenvalue weighted by Gasteiger charge is -2.27. The molecule has 0 amide bonds. The number of unbranched alkanes of at least 4 members (excludes halogenated alkanes) is 1. The summed E-state index contributed by atoms with van der Waals surface area (Å²) in [4.78, 5) is 0. The van der Waals surface area contributed by atoms with Gasteiger partial charge in [0.1, 0.15) is 0 Å². The van der Waals surface area contributed by atoms with Crippen LogP contribution in [-0.4, -0.2) is 0 Å². The molecular formula is C23H32N+. The van der Waals surface area contributed by atoms with E-state index in [0.717, 1.165) is 0 Å². The van der Waals surface area contributed by atoms with Gasteiger partial charge in [0.2, 0.25) is 5.69 Å². The van der Waals surface area contributed by atoms with Crippen LogP contribution in [0.5, 0.6) is 0 Å². The maximum Gasteiger partial charge on any atom is 0.216 e. The van der Waals surface area contributed by atoms with E-state index in [0.29, 0.717) is 0 Å². The Kier molecular flexibility index (Phi) is 5.08. The van der Waals surface area contributed by atoms with Crippen molar-refractivity contribution in [1.82, 2.24) is 0 Å². The molecule has 0 fully saturated rings. The van der Waals surface area contributed by atoms with Crippen molar-refractivity contribution in [3.05, 3.63) is 53.2 Å². The van der Waals surface area contributed by atoms with Crippen LogP contribution in [0.3, 0.4) is 0 Å². The largest absolute Gasteiger partial charge is 0.216 e. The van der Waals surface area contributed by atoms with Crippen molar-refractivity contribution in [1.29, 1.82) is 0 Å². The van der Waals surface area contributed by atoms with Gasteiger partial charge in [-0.15, -0.1) is 0 Å². The number of benzene rings is 1. The van der Waals surface area contributed by atoms with Gasteiger partial charge in [0, 0.05) is 36.5 Å². The molecule has 0 saturated carbocycles. The molecule has 0 aliphatic carbocycles. The van der Waals surface area contributed by atoms with Crippen LogP contribution in [0, 0.1) is 6.92 Å². The SMILES string of the molecule is CCCCc1cc[n+]2c(c1C)-c1ccccc1CCC2(CC)CC. The van der Waals surface area contributed by atoms with Gasteiger partial charge in [-0.05, 0) is 43.4 Å². The van der Waals surface area contributed by atoms with E-state index in [9.17, 15) is 0 Å². The lowest BCUT2D eigenvalue weighted by molar-refractivity contribution is -0.757. The van der Waals surface area contributed by atoms with Crippen LogP contribution >= 0.6 is 0 Å². The molecule has 1 aromatic carbocycles. The average molecular weight is 323 g/mol. The Bertz CT molecular complexity index is 710. The maximum absolute atomic E-state index is 2.63. The van der Waals surface area contributed by atoms with E-state index in [1.165, 1.54) is 72.9 Å². The summed E-state index contributed by atoms with van der Waals surface area (Å²) in [6.45, 7) is 9.34. The van der Waals surface area contributed by atoms with E-state index in [-0.39, 0.29) is 5.54 Å². The first-order chi connectivity index (χ1) is 11.7. The summed E-state index contributed by atoms with van der Waals surface area (Å²) >= 11 is 0. The number of pyridine rings is 1. The van der Waals surface area contributed by atoms with Crippen LogP contribution in [0.25, 0.3) is 11.3 Å². The first kappa shape index (κ1) is 17.2. The second-order valence-corrected chi connectivity index (χ2v) is 7.38. The highest BCUT2D eigenvalue weighted by molar-refractivity contribution is 5.66. The minimum Gasteiger partial charge on any atom is -0.193 e. The molecule has 0 radical (unpaired) electrons. The fraction of sp³-hybridized carbons (Fsp3) is 0.522. The van der Waals surface area contributed by atoms with E-state index in [2.05, 4.69) is 68.8 Å². The number of rotatable bonds is 5. The lowest BCUT2D eigenvalue weighted by atomic mass is 9.86. The fourth-order valence-corrected chi connectivity index (χ4v) is 4.46. The van der Waals surface area contributed by atoms with Gasteiger partial charge in [-0.25, -0.2) is 0 Å². The Morgan fingerprint density at radius 2 is 1.79 bits per heavy atom. The summed E-state index contributed by atoms with van der Waals surface area (Å²) in [5.74, 6) is 0. The third-order valence-electron chi connectivity index (χ3n) is 6.26. The van der Waals surface area contributed by atoms with Crippen LogP contribution in [0.15, 0.2) is 36.5 Å². The molecule has 1 aliphatic heterocycles. The monoisotopic (exact) mass is 322 g/mol. The summed E-state index contributed by atoms with van der Waals surface area (Å²) in [6, 6.07) is 11.5. The molecule has 2 aromatic rings. The number of hydrogen-bond donors (Lipinski definition) is 0. The van der Waals surface area contributed by atoms with Crippen molar-refractivity contribution < 1.29 is 4.57 Å². The first-order valence-corrected chi connectivity index (χ1v) is 9.79. The molecule has 128 valence electrons. The highest BCUT2D eigenvalue weighted by Crippen LogP contribution is 2.36. The number of hydrogen-bond acceptors (Lipinski definition) is 0. The van der Waals surface area contributed by atoms with Crippen molar-refractivity contribution in [2.75, 3.05) is 0 Å². The number of aryl methyl sites for hydroxylation is 2. The van der Waals surface area contributed by atoms with Crippen molar-refractivity contribution in [3.63, 3.8) is 0 Å². The molecule has 1 nitrogen and oxygen atoms in total. The van der Waals surface area contributed by atoms with Crippen molar-refractivity contribution >= 4 is 0 Å². The number of nitrogens with zero attached hydrogens (tertiary/aromatic N) is 1. The van der Waals surface area contributed by atoms with Crippen LogP contribution < -0.4 is 4.57 Å². The van der Waals surface area contributed by atoms with Crippen LogP contribution in [-0.2, 0) is 18.4 Å². The Labute approximate surface area is 147 Å². The molecule has 1 aliphatic rings. The maximum atomic E-state index is 2.63. The molecule has 1 aromatic heterocycles. The quantitative estimate of drug-likeness (QED) is 0.617. The average Bonchev–Trinajstić information content (AvgIpc) is 2.76. The molecule has 1 heteroatoms. The fourth-order valence-electron chi connectivity index (χ4n) is 4.46. The molecular weight excluding hydrogens is 290 g/mol. The van der Waals surface area contributed by atoms with Gasteiger partial charge in [-0.1, -0.05) is 45.4 Å². The first-order valence-electron chi connectivity index (χ1n) is 9.79. The highest BCUT2D eigenvalue weighted by Gasteiger charge is 2.41. The molecule has 0 spiro atoms. The second-order valence-electron chi connectivity index (χ2n) is 7.38. The van der Waals surface area contributed by atoms with E-state index in [4.69, 9.17) is 0 Å². The zero-order valence-electron chi connectivity index (χ0n) is 15.9. The van der Waals surface area contributed by atoms with Crippen LogP contribution in [0.1, 0.15) is 69.6 Å². The molecule has 0 saturated heterocycles. The van der Waals surface area contributed by atoms with Gasteiger partial charge in [-0.3, -0.25) is 0 Å². The minimum absolute atomic E-state index is 0.252. The van der Waals surface area contributed by atoms with Crippen molar-refractivity contribution in [2.24, 2.45) is 0 Å². The number of aromatic nitrogens is 1. The normalized spacial score (nSPS) is 15.5. The van der Waals surface area contributed by atoms with Gasteiger partial charge >= 0.3 is 0 Å².